The fourth-order valence-corrected chi connectivity index (χ4v) is 2.18. The lowest BCUT2D eigenvalue weighted by molar-refractivity contribution is -0.133. The summed E-state index contributed by atoms with van der Waals surface area (Å²) in [6, 6.07) is 0.408. The van der Waals surface area contributed by atoms with E-state index < -0.39 is 0 Å². The second-order valence-electron chi connectivity index (χ2n) is 6.09. The van der Waals surface area contributed by atoms with Crippen molar-refractivity contribution >= 4 is 5.91 Å². The fourth-order valence-electron chi connectivity index (χ4n) is 2.18. The number of hydrogen-bond donors (Lipinski definition) is 2. The van der Waals surface area contributed by atoms with E-state index in [2.05, 4.69) is 26.1 Å². The third kappa shape index (κ3) is 5.50. The summed E-state index contributed by atoms with van der Waals surface area (Å²) in [5.74, 6) is 0.153. The lowest BCUT2D eigenvalue weighted by Crippen LogP contribution is -2.43. The summed E-state index contributed by atoms with van der Waals surface area (Å²) in [4.78, 5) is 13.9. The summed E-state index contributed by atoms with van der Waals surface area (Å²) in [5, 5.41) is 12.4. The van der Waals surface area contributed by atoms with Gasteiger partial charge in [0.25, 0.3) is 0 Å². The molecule has 1 unspecified atom stereocenters. The van der Waals surface area contributed by atoms with Gasteiger partial charge in [-0.2, -0.15) is 0 Å². The number of aliphatic hydroxyl groups excluding tert-OH is 1. The van der Waals surface area contributed by atoms with Gasteiger partial charge >= 0.3 is 0 Å². The molecule has 100 valence electrons. The van der Waals surface area contributed by atoms with E-state index in [-0.39, 0.29) is 17.9 Å². The summed E-state index contributed by atoms with van der Waals surface area (Å²) in [6.07, 6.45) is 2.86. The zero-order valence-electron chi connectivity index (χ0n) is 11.3. The zero-order chi connectivity index (χ0) is 12.9. The molecule has 17 heavy (non-hydrogen) atoms. The number of rotatable bonds is 5. The van der Waals surface area contributed by atoms with Gasteiger partial charge in [0.15, 0.2) is 0 Å². The number of carbonyl (C=O) groups excluding carboxylic acids is 1. The van der Waals surface area contributed by atoms with Gasteiger partial charge in [-0.3, -0.25) is 4.79 Å². The van der Waals surface area contributed by atoms with Gasteiger partial charge in [-0.15, -0.1) is 0 Å². The topological polar surface area (TPSA) is 52.6 Å². The molecule has 1 aliphatic heterocycles. The van der Waals surface area contributed by atoms with Crippen molar-refractivity contribution in [3.8, 4) is 0 Å². The molecule has 0 bridgehead atoms. The monoisotopic (exact) mass is 242 g/mol. The van der Waals surface area contributed by atoms with Crippen LogP contribution in [0.25, 0.3) is 0 Å². The van der Waals surface area contributed by atoms with E-state index in [0.29, 0.717) is 19.0 Å². The molecule has 1 heterocycles. The number of amides is 1. The van der Waals surface area contributed by atoms with Crippen molar-refractivity contribution in [1.82, 2.24) is 10.2 Å². The Bertz CT molecular complexity index is 242. The van der Waals surface area contributed by atoms with Gasteiger partial charge in [0.2, 0.25) is 5.91 Å². The molecule has 0 aromatic rings. The Balaban J connectivity index is 2.48. The van der Waals surface area contributed by atoms with E-state index in [1.165, 1.54) is 6.42 Å². The number of hydrogen-bond acceptors (Lipinski definition) is 3. The van der Waals surface area contributed by atoms with Crippen molar-refractivity contribution in [2.24, 2.45) is 5.41 Å². The first-order valence-electron chi connectivity index (χ1n) is 6.54. The minimum absolute atomic E-state index is 0.00783. The highest BCUT2D eigenvalue weighted by Crippen LogP contribution is 2.20. The molecule has 0 radical (unpaired) electrons. The minimum atomic E-state index is 0.00783. The van der Waals surface area contributed by atoms with Crippen LogP contribution < -0.4 is 5.32 Å². The van der Waals surface area contributed by atoms with Crippen LogP contribution in [0.3, 0.4) is 0 Å². The van der Waals surface area contributed by atoms with Crippen molar-refractivity contribution in [1.29, 1.82) is 0 Å². The first kappa shape index (κ1) is 14.5. The Kier molecular flexibility index (Phi) is 5.40. The Morgan fingerprint density at radius 2 is 2.18 bits per heavy atom. The lowest BCUT2D eigenvalue weighted by Gasteiger charge is -2.28. The Labute approximate surface area is 104 Å². The maximum atomic E-state index is 12.1. The van der Waals surface area contributed by atoms with Gasteiger partial charge in [0.1, 0.15) is 0 Å². The van der Waals surface area contributed by atoms with Crippen LogP contribution in [0.1, 0.15) is 40.0 Å². The highest BCUT2D eigenvalue weighted by Gasteiger charge is 2.24. The van der Waals surface area contributed by atoms with Crippen LogP contribution in [0, 0.1) is 5.41 Å². The molecule has 0 saturated carbocycles. The van der Waals surface area contributed by atoms with Gasteiger partial charge < -0.3 is 15.3 Å². The second-order valence-corrected chi connectivity index (χ2v) is 6.09. The van der Waals surface area contributed by atoms with Crippen molar-refractivity contribution < 1.29 is 9.90 Å². The SMILES string of the molecule is CC(C)(C)CC(=O)N(CCO)CC1CCCN1. The van der Waals surface area contributed by atoms with E-state index in [1.54, 1.807) is 4.90 Å². The second kappa shape index (κ2) is 6.36. The molecule has 1 aliphatic rings. The molecule has 1 fully saturated rings. The van der Waals surface area contributed by atoms with Crippen LogP contribution in [0.15, 0.2) is 0 Å². The normalized spacial score (nSPS) is 20.6. The Morgan fingerprint density at radius 1 is 1.47 bits per heavy atom. The molecule has 2 N–H and O–H groups in total. The molecule has 0 aromatic carbocycles. The van der Waals surface area contributed by atoms with Crippen molar-refractivity contribution in [3.05, 3.63) is 0 Å². The molecular formula is C13H26N2O2. The van der Waals surface area contributed by atoms with Crippen molar-refractivity contribution in [2.45, 2.75) is 46.1 Å². The van der Waals surface area contributed by atoms with E-state index in [1.807, 2.05) is 0 Å². The molecule has 1 amide bonds. The predicted molar refractivity (Wildman–Crippen MR) is 68.8 cm³/mol. The smallest absolute Gasteiger partial charge is 0.223 e. The molecule has 0 spiro atoms. The predicted octanol–water partition coefficient (Wildman–Crippen LogP) is 0.996. The van der Waals surface area contributed by atoms with Crippen LogP contribution in [0.4, 0.5) is 0 Å². The van der Waals surface area contributed by atoms with Crippen LogP contribution >= 0.6 is 0 Å². The van der Waals surface area contributed by atoms with Crippen LogP contribution in [-0.2, 0) is 4.79 Å². The fraction of sp³-hybridized carbons (Fsp3) is 0.923. The Hall–Kier alpha value is -0.610. The first-order chi connectivity index (χ1) is 7.92. The lowest BCUT2D eigenvalue weighted by atomic mass is 9.91. The molecule has 0 aliphatic carbocycles. The standard InChI is InChI=1S/C13H26N2O2/c1-13(2,3)9-12(17)15(7-8-16)10-11-5-4-6-14-11/h11,14,16H,4-10H2,1-3H3. The molecule has 4 nitrogen and oxygen atoms in total. The zero-order valence-corrected chi connectivity index (χ0v) is 11.3. The van der Waals surface area contributed by atoms with E-state index >= 15 is 0 Å². The summed E-state index contributed by atoms with van der Waals surface area (Å²) >= 11 is 0. The van der Waals surface area contributed by atoms with Gasteiger partial charge in [0, 0.05) is 25.6 Å². The average Bonchev–Trinajstić information content (AvgIpc) is 2.67. The molecule has 1 saturated heterocycles. The van der Waals surface area contributed by atoms with Gasteiger partial charge in [-0.1, -0.05) is 20.8 Å². The third-order valence-electron chi connectivity index (χ3n) is 3.01. The summed E-state index contributed by atoms with van der Waals surface area (Å²) in [6.45, 7) is 8.47. The van der Waals surface area contributed by atoms with Crippen molar-refractivity contribution in [2.75, 3.05) is 26.2 Å². The van der Waals surface area contributed by atoms with E-state index in [4.69, 9.17) is 5.11 Å². The number of aliphatic hydroxyl groups is 1. The molecule has 0 aromatic heterocycles. The Morgan fingerprint density at radius 3 is 2.65 bits per heavy atom. The number of nitrogens with zero attached hydrogens (tertiary/aromatic N) is 1. The van der Waals surface area contributed by atoms with E-state index in [0.717, 1.165) is 19.5 Å². The third-order valence-corrected chi connectivity index (χ3v) is 3.01. The number of carbonyl (C=O) groups is 1. The highest BCUT2D eigenvalue weighted by atomic mass is 16.3. The molecule has 1 rings (SSSR count). The van der Waals surface area contributed by atoms with Crippen LogP contribution in [0.2, 0.25) is 0 Å². The quantitative estimate of drug-likeness (QED) is 0.756. The minimum Gasteiger partial charge on any atom is -0.395 e. The maximum Gasteiger partial charge on any atom is 0.223 e. The summed E-state index contributed by atoms with van der Waals surface area (Å²) < 4.78 is 0. The summed E-state index contributed by atoms with van der Waals surface area (Å²) in [5.41, 5.74) is 0.00783. The summed E-state index contributed by atoms with van der Waals surface area (Å²) in [7, 11) is 0. The molecule has 4 heteroatoms. The average molecular weight is 242 g/mol. The van der Waals surface area contributed by atoms with E-state index in [9.17, 15) is 4.79 Å². The molecular weight excluding hydrogens is 216 g/mol. The van der Waals surface area contributed by atoms with Crippen molar-refractivity contribution in [3.63, 3.8) is 0 Å². The largest absolute Gasteiger partial charge is 0.395 e. The molecule has 1 atom stereocenters. The van der Waals surface area contributed by atoms with Gasteiger partial charge in [-0.25, -0.2) is 0 Å². The van der Waals surface area contributed by atoms with Crippen LogP contribution in [0.5, 0.6) is 0 Å². The first-order valence-corrected chi connectivity index (χ1v) is 6.54. The van der Waals surface area contributed by atoms with Gasteiger partial charge in [-0.05, 0) is 24.8 Å². The maximum absolute atomic E-state index is 12.1. The number of nitrogens with one attached hydrogen (secondary N) is 1. The highest BCUT2D eigenvalue weighted by molar-refractivity contribution is 5.76. The van der Waals surface area contributed by atoms with Crippen LogP contribution in [-0.4, -0.2) is 48.2 Å². The van der Waals surface area contributed by atoms with Gasteiger partial charge in [0.05, 0.1) is 6.61 Å².